The second-order valence-corrected chi connectivity index (χ2v) is 4.38. The Hall–Kier alpha value is -2.76. The van der Waals surface area contributed by atoms with E-state index in [9.17, 15) is 10.1 Å². The van der Waals surface area contributed by atoms with Gasteiger partial charge in [0.05, 0.1) is 19.1 Å². The van der Waals surface area contributed by atoms with Crippen LogP contribution < -0.4 is 14.8 Å². The molecule has 1 N–H and O–H groups in total. The van der Waals surface area contributed by atoms with Crippen LogP contribution in [-0.2, 0) is 6.54 Å². The third-order valence-corrected chi connectivity index (χ3v) is 3.00. The number of nitrogens with zero attached hydrogens (tertiary/aromatic N) is 1. The van der Waals surface area contributed by atoms with Crippen LogP contribution in [0.25, 0.3) is 0 Å². The van der Waals surface area contributed by atoms with E-state index in [-0.39, 0.29) is 5.69 Å². The molecule has 0 aromatic heterocycles. The highest BCUT2D eigenvalue weighted by molar-refractivity contribution is 5.54. The molecule has 0 bridgehead atoms. The minimum atomic E-state index is -0.413. The summed E-state index contributed by atoms with van der Waals surface area (Å²) in [5.41, 5.74) is 1.88. The molecule has 0 aliphatic carbocycles. The van der Waals surface area contributed by atoms with Crippen molar-refractivity contribution in [1.82, 2.24) is 0 Å². The number of nitro groups is 1. The number of hydrogen-bond donors (Lipinski definition) is 1. The zero-order valence-electron chi connectivity index (χ0n) is 11.8. The molecule has 0 spiro atoms. The number of ether oxygens (including phenoxy) is 2. The summed E-state index contributed by atoms with van der Waals surface area (Å²) in [6, 6.07) is 11.9. The SMILES string of the molecule is COc1cc(NCc2ccc([N+](=O)[O-])cc2)cc(OC)c1. The molecule has 0 radical (unpaired) electrons. The molecule has 6 heteroatoms. The fourth-order valence-electron chi connectivity index (χ4n) is 1.85. The number of nitro benzene ring substituents is 1. The predicted molar refractivity (Wildman–Crippen MR) is 80.0 cm³/mol. The molecule has 0 unspecified atom stereocenters. The highest BCUT2D eigenvalue weighted by Gasteiger charge is 2.05. The molecule has 0 fully saturated rings. The summed E-state index contributed by atoms with van der Waals surface area (Å²) < 4.78 is 10.4. The van der Waals surface area contributed by atoms with Gasteiger partial charge in [-0.05, 0) is 5.56 Å². The first-order valence-corrected chi connectivity index (χ1v) is 6.32. The van der Waals surface area contributed by atoms with Gasteiger partial charge in [-0.25, -0.2) is 0 Å². The third kappa shape index (κ3) is 3.85. The molecular weight excluding hydrogens is 272 g/mol. The second kappa shape index (κ2) is 6.60. The maximum atomic E-state index is 10.6. The van der Waals surface area contributed by atoms with Crippen molar-refractivity contribution in [2.75, 3.05) is 19.5 Å². The van der Waals surface area contributed by atoms with E-state index in [1.54, 1.807) is 32.4 Å². The first-order chi connectivity index (χ1) is 10.1. The summed E-state index contributed by atoms with van der Waals surface area (Å²) in [5.74, 6) is 1.39. The molecule has 0 atom stereocenters. The largest absolute Gasteiger partial charge is 0.497 e. The van der Waals surface area contributed by atoms with Crippen molar-refractivity contribution in [2.45, 2.75) is 6.54 Å². The molecule has 0 aliphatic heterocycles. The van der Waals surface area contributed by atoms with Crippen LogP contribution in [0.3, 0.4) is 0 Å². The summed E-state index contributed by atoms with van der Waals surface area (Å²) in [5, 5.41) is 13.8. The summed E-state index contributed by atoms with van der Waals surface area (Å²) in [6.07, 6.45) is 0. The van der Waals surface area contributed by atoms with Crippen LogP contribution in [0.15, 0.2) is 42.5 Å². The molecule has 0 amide bonds. The summed E-state index contributed by atoms with van der Waals surface area (Å²) >= 11 is 0. The predicted octanol–water partition coefficient (Wildman–Crippen LogP) is 3.22. The van der Waals surface area contributed by atoms with Crippen LogP contribution in [-0.4, -0.2) is 19.1 Å². The van der Waals surface area contributed by atoms with Crippen LogP contribution in [0.1, 0.15) is 5.56 Å². The highest BCUT2D eigenvalue weighted by Crippen LogP contribution is 2.26. The minimum absolute atomic E-state index is 0.0850. The van der Waals surface area contributed by atoms with Gasteiger partial charge < -0.3 is 14.8 Å². The number of methoxy groups -OCH3 is 2. The number of rotatable bonds is 6. The Morgan fingerprint density at radius 3 is 2.10 bits per heavy atom. The van der Waals surface area contributed by atoms with Crippen LogP contribution in [0.4, 0.5) is 11.4 Å². The maximum absolute atomic E-state index is 10.6. The quantitative estimate of drug-likeness (QED) is 0.652. The van der Waals surface area contributed by atoms with Gasteiger partial charge in [0.2, 0.25) is 0 Å². The molecule has 0 saturated heterocycles. The molecule has 0 heterocycles. The fourth-order valence-corrected chi connectivity index (χ4v) is 1.85. The van der Waals surface area contributed by atoms with Gasteiger partial charge in [-0.15, -0.1) is 0 Å². The summed E-state index contributed by atoms with van der Waals surface area (Å²) in [4.78, 5) is 10.2. The average Bonchev–Trinajstić information content (AvgIpc) is 2.52. The van der Waals surface area contributed by atoms with Crippen LogP contribution in [0.2, 0.25) is 0 Å². The van der Waals surface area contributed by atoms with Crippen LogP contribution in [0, 0.1) is 10.1 Å². The lowest BCUT2D eigenvalue weighted by Gasteiger charge is -2.10. The lowest BCUT2D eigenvalue weighted by molar-refractivity contribution is -0.384. The van der Waals surface area contributed by atoms with E-state index in [4.69, 9.17) is 9.47 Å². The molecule has 21 heavy (non-hydrogen) atoms. The average molecular weight is 288 g/mol. The van der Waals surface area contributed by atoms with Gasteiger partial charge in [-0.3, -0.25) is 10.1 Å². The number of benzene rings is 2. The number of anilines is 1. The standard InChI is InChI=1S/C15H16N2O4/c1-20-14-7-12(8-15(9-14)21-2)16-10-11-3-5-13(6-4-11)17(18)19/h3-9,16H,10H2,1-2H3. The first kappa shape index (κ1) is 14.6. The number of non-ortho nitro benzene ring substituents is 1. The van der Waals surface area contributed by atoms with Crippen molar-refractivity contribution in [1.29, 1.82) is 0 Å². The van der Waals surface area contributed by atoms with Gasteiger partial charge in [0.25, 0.3) is 5.69 Å². The van der Waals surface area contributed by atoms with Crippen LogP contribution in [0.5, 0.6) is 11.5 Å². The smallest absolute Gasteiger partial charge is 0.269 e. The van der Waals surface area contributed by atoms with Gasteiger partial charge in [0, 0.05) is 42.6 Å². The van der Waals surface area contributed by atoms with E-state index in [2.05, 4.69) is 5.32 Å². The zero-order chi connectivity index (χ0) is 15.2. The van der Waals surface area contributed by atoms with Gasteiger partial charge in [0.15, 0.2) is 0 Å². The van der Waals surface area contributed by atoms with Crippen molar-refractivity contribution >= 4 is 11.4 Å². The molecule has 0 aliphatic rings. The van der Waals surface area contributed by atoms with Gasteiger partial charge in [-0.1, -0.05) is 12.1 Å². The lowest BCUT2D eigenvalue weighted by atomic mass is 10.2. The first-order valence-electron chi connectivity index (χ1n) is 6.32. The van der Waals surface area contributed by atoms with E-state index < -0.39 is 4.92 Å². The van der Waals surface area contributed by atoms with Gasteiger partial charge in [0.1, 0.15) is 11.5 Å². The van der Waals surface area contributed by atoms with Gasteiger partial charge in [-0.2, -0.15) is 0 Å². The molecular formula is C15H16N2O4. The highest BCUT2D eigenvalue weighted by atomic mass is 16.6. The van der Waals surface area contributed by atoms with Gasteiger partial charge >= 0.3 is 0 Å². The van der Waals surface area contributed by atoms with Crippen molar-refractivity contribution in [3.8, 4) is 11.5 Å². The third-order valence-electron chi connectivity index (χ3n) is 3.00. The zero-order valence-corrected chi connectivity index (χ0v) is 11.8. The Balaban J connectivity index is 2.06. The summed E-state index contributed by atoms with van der Waals surface area (Å²) in [7, 11) is 3.18. The molecule has 110 valence electrons. The van der Waals surface area contributed by atoms with E-state index >= 15 is 0 Å². The molecule has 2 aromatic rings. The number of hydrogen-bond acceptors (Lipinski definition) is 5. The Labute approximate surface area is 122 Å². The van der Waals surface area contributed by atoms with Crippen molar-refractivity contribution in [2.24, 2.45) is 0 Å². The normalized spacial score (nSPS) is 10.0. The second-order valence-electron chi connectivity index (χ2n) is 4.38. The van der Waals surface area contributed by atoms with Crippen LogP contribution >= 0.6 is 0 Å². The molecule has 6 nitrogen and oxygen atoms in total. The minimum Gasteiger partial charge on any atom is -0.497 e. The Morgan fingerprint density at radius 2 is 1.62 bits per heavy atom. The monoisotopic (exact) mass is 288 g/mol. The lowest BCUT2D eigenvalue weighted by Crippen LogP contribution is -2.00. The van der Waals surface area contributed by atoms with E-state index in [1.165, 1.54) is 12.1 Å². The molecule has 2 aromatic carbocycles. The Kier molecular flexibility index (Phi) is 4.61. The van der Waals surface area contributed by atoms with E-state index in [0.29, 0.717) is 18.0 Å². The molecule has 2 rings (SSSR count). The topological polar surface area (TPSA) is 73.6 Å². The van der Waals surface area contributed by atoms with E-state index in [0.717, 1.165) is 11.3 Å². The fraction of sp³-hybridized carbons (Fsp3) is 0.200. The Bertz CT molecular complexity index is 604. The summed E-state index contributed by atoms with van der Waals surface area (Å²) in [6.45, 7) is 0.550. The molecule has 0 saturated carbocycles. The van der Waals surface area contributed by atoms with E-state index in [1.807, 2.05) is 12.1 Å². The number of nitrogens with one attached hydrogen (secondary N) is 1. The Morgan fingerprint density at radius 1 is 1.05 bits per heavy atom. The van der Waals surface area contributed by atoms with Crippen molar-refractivity contribution in [3.05, 3.63) is 58.1 Å². The van der Waals surface area contributed by atoms with Crippen molar-refractivity contribution < 1.29 is 14.4 Å². The van der Waals surface area contributed by atoms with Crippen molar-refractivity contribution in [3.63, 3.8) is 0 Å². The maximum Gasteiger partial charge on any atom is 0.269 e.